The molecule has 2 rings (SSSR count). The Morgan fingerprint density at radius 3 is 2.75 bits per heavy atom. The fourth-order valence-electron chi connectivity index (χ4n) is 2.34. The molecular formula is C13H17ClFN. The Kier molecular flexibility index (Phi) is 3.70. The van der Waals surface area contributed by atoms with Crippen LogP contribution in [-0.2, 0) is 0 Å². The van der Waals surface area contributed by atoms with Crippen molar-refractivity contribution in [2.75, 3.05) is 5.32 Å². The predicted octanol–water partition coefficient (Wildman–Crippen LogP) is 4.47. The summed E-state index contributed by atoms with van der Waals surface area (Å²) in [4.78, 5) is 0. The summed E-state index contributed by atoms with van der Waals surface area (Å²) >= 11 is 5.99. The zero-order chi connectivity index (χ0) is 11.5. The molecule has 1 saturated carbocycles. The van der Waals surface area contributed by atoms with E-state index in [0.29, 0.717) is 17.0 Å². The van der Waals surface area contributed by atoms with Gasteiger partial charge in [0.2, 0.25) is 0 Å². The van der Waals surface area contributed by atoms with E-state index in [1.54, 1.807) is 6.07 Å². The monoisotopic (exact) mass is 241 g/mol. The quantitative estimate of drug-likeness (QED) is 0.806. The first-order valence-electron chi connectivity index (χ1n) is 5.88. The van der Waals surface area contributed by atoms with Crippen LogP contribution in [0.2, 0.25) is 5.02 Å². The minimum Gasteiger partial charge on any atom is -0.381 e. The molecule has 0 spiro atoms. The molecule has 0 saturated heterocycles. The second kappa shape index (κ2) is 5.05. The van der Waals surface area contributed by atoms with Crippen molar-refractivity contribution in [1.29, 1.82) is 0 Å². The zero-order valence-electron chi connectivity index (χ0n) is 9.47. The molecule has 16 heavy (non-hydrogen) atoms. The van der Waals surface area contributed by atoms with Crippen LogP contribution in [-0.4, -0.2) is 6.04 Å². The first kappa shape index (κ1) is 11.7. The smallest absolute Gasteiger partial charge is 0.124 e. The van der Waals surface area contributed by atoms with Gasteiger partial charge in [0.05, 0.1) is 10.7 Å². The average Bonchev–Trinajstić information content (AvgIpc) is 2.25. The molecule has 1 aromatic carbocycles. The highest BCUT2D eigenvalue weighted by atomic mass is 35.5. The third-order valence-corrected chi connectivity index (χ3v) is 3.70. The van der Waals surface area contributed by atoms with Crippen molar-refractivity contribution in [2.24, 2.45) is 5.92 Å². The number of hydrogen-bond acceptors (Lipinski definition) is 1. The third kappa shape index (κ3) is 2.67. The number of anilines is 1. The van der Waals surface area contributed by atoms with Crippen LogP contribution in [0.3, 0.4) is 0 Å². The van der Waals surface area contributed by atoms with E-state index in [1.807, 2.05) is 0 Å². The number of halogens is 2. The average molecular weight is 242 g/mol. The first-order valence-corrected chi connectivity index (χ1v) is 6.26. The highest BCUT2D eigenvalue weighted by Gasteiger charge is 2.21. The molecule has 0 bridgehead atoms. The van der Waals surface area contributed by atoms with E-state index in [1.165, 1.54) is 37.8 Å². The topological polar surface area (TPSA) is 12.0 Å². The largest absolute Gasteiger partial charge is 0.381 e. The molecule has 1 aliphatic rings. The lowest BCUT2D eigenvalue weighted by atomic mass is 9.86. The van der Waals surface area contributed by atoms with Gasteiger partial charge < -0.3 is 5.32 Å². The van der Waals surface area contributed by atoms with Crippen molar-refractivity contribution in [1.82, 2.24) is 0 Å². The van der Waals surface area contributed by atoms with Gasteiger partial charge in [0.25, 0.3) is 0 Å². The summed E-state index contributed by atoms with van der Waals surface area (Å²) < 4.78 is 12.9. The summed E-state index contributed by atoms with van der Waals surface area (Å²) in [5.41, 5.74) is 0.849. The van der Waals surface area contributed by atoms with Gasteiger partial charge in [0, 0.05) is 6.04 Å². The normalized spacial score (nSPS) is 25.4. The zero-order valence-corrected chi connectivity index (χ0v) is 10.2. The van der Waals surface area contributed by atoms with Crippen molar-refractivity contribution in [3.8, 4) is 0 Å². The van der Waals surface area contributed by atoms with E-state index in [4.69, 9.17) is 11.6 Å². The number of nitrogens with one attached hydrogen (secondary N) is 1. The van der Waals surface area contributed by atoms with Gasteiger partial charge in [-0.1, -0.05) is 31.4 Å². The second-order valence-corrected chi connectivity index (χ2v) is 5.04. The Morgan fingerprint density at radius 1 is 1.31 bits per heavy atom. The summed E-state index contributed by atoms with van der Waals surface area (Å²) in [5, 5.41) is 3.90. The molecule has 3 heteroatoms. The van der Waals surface area contributed by atoms with Crippen LogP contribution in [0.25, 0.3) is 0 Å². The van der Waals surface area contributed by atoms with Crippen LogP contribution in [0.4, 0.5) is 10.1 Å². The van der Waals surface area contributed by atoms with Crippen molar-refractivity contribution in [2.45, 2.75) is 38.6 Å². The van der Waals surface area contributed by atoms with E-state index in [-0.39, 0.29) is 5.82 Å². The molecule has 88 valence electrons. The van der Waals surface area contributed by atoms with Gasteiger partial charge in [0.1, 0.15) is 5.82 Å². The van der Waals surface area contributed by atoms with Crippen LogP contribution in [0, 0.1) is 11.7 Å². The third-order valence-electron chi connectivity index (χ3n) is 3.38. The Hall–Kier alpha value is -0.760. The molecule has 0 aliphatic heterocycles. The molecule has 1 nitrogen and oxygen atoms in total. The molecule has 2 unspecified atom stereocenters. The first-order chi connectivity index (χ1) is 7.66. The number of benzene rings is 1. The highest BCUT2D eigenvalue weighted by Crippen LogP contribution is 2.30. The molecule has 1 N–H and O–H groups in total. The van der Waals surface area contributed by atoms with Crippen LogP contribution in [0.15, 0.2) is 18.2 Å². The van der Waals surface area contributed by atoms with Gasteiger partial charge in [-0.25, -0.2) is 4.39 Å². The molecule has 0 heterocycles. The minimum atomic E-state index is -0.285. The summed E-state index contributed by atoms with van der Waals surface area (Å²) in [5.74, 6) is 0.377. The maximum absolute atomic E-state index is 12.9. The van der Waals surface area contributed by atoms with Gasteiger partial charge in [-0.3, -0.25) is 0 Å². The van der Waals surface area contributed by atoms with E-state index in [2.05, 4.69) is 12.2 Å². The second-order valence-electron chi connectivity index (χ2n) is 4.64. The van der Waals surface area contributed by atoms with Gasteiger partial charge in [-0.15, -0.1) is 0 Å². The van der Waals surface area contributed by atoms with Crippen LogP contribution >= 0.6 is 11.6 Å². The summed E-state index contributed by atoms with van der Waals surface area (Å²) in [6.07, 6.45) is 5.02. The molecule has 2 atom stereocenters. The highest BCUT2D eigenvalue weighted by molar-refractivity contribution is 6.33. The van der Waals surface area contributed by atoms with Crippen molar-refractivity contribution >= 4 is 17.3 Å². The van der Waals surface area contributed by atoms with Crippen LogP contribution in [0.1, 0.15) is 32.6 Å². The SMILES string of the molecule is CC1CCCCC1Nc1ccc(F)cc1Cl. The summed E-state index contributed by atoms with van der Waals surface area (Å²) in [6.45, 7) is 2.26. The van der Waals surface area contributed by atoms with E-state index in [9.17, 15) is 4.39 Å². The number of hydrogen-bond donors (Lipinski definition) is 1. The van der Waals surface area contributed by atoms with Crippen molar-refractivity contribution in [3.63, 3.8) is 0 Å². The lowest BCUT2D eigenvalue weighted by molar-refractivity contribution is 0.349. The van der Waals surface area contributed by atoms with Crippen molar-refractivity contribution in [3.05, 3.63) is 29.0 Å². The maximum Gasteiger partial charge on any atom is 0.124 e. The summed E-state index contributed by atoms with van der Waals surface area (Å²) in [6, 6.07) is 5.00. The lowest BCUT2D eigenvalue weighted by Gasteiger charge is -2.30. The molecule has 1 fully saturated rings. The Bertz CT molecular complexity index is 367. The molecule has 0 amide bonds. The van der Waals surface area contributed by atoms with E-state index < -0.39 is 0 Å². The van der Waals surface area contributed by atoms with Gasteiger partial charge in [-0.2, -0.15) is 0 Å². The van der Waals surface area contributed by atoms with Gasteiger partial charge >= 0.3 is 0 Å². The van der Waals surface area contributed by atoms with E-state index in [0.717, 1.165) is 5.69 Å². The Morgan fingerprint density at radius 2 is 2.06 bits per heavy atom. The Labute approximate surface area is 101 Å². The molecule has 0 aromatic heterocycles. The fraction of sp³-hybridized carbons (Fsp3) is 0.538. The summed E-state index contributed by atoms with van der Waals surface area (Å²) in [7, 11) is 0. The standard InChI is InChI=1S/C13H17ClFN/c1-9-4-2-3-5-12(9)16-13-7-6-10(15)8-11(13)14/h6-9,12,16H,2-5H2,1H3. The molecule has 1 aliphatic carbocycles. The van der Waals surface area contributed by atoms with Gasteiger partial charge in [-0.05, 0) is 37.0 Å². The van der Waals surface area contributed by atoms with Crippen LogP contribution in [0.5, 0.6) is 0 Å². The maximum atomic E-state index is 12.9. The van der Waals surface area contributed by atoms with E-state index >= 15 is 0 Å². The predicted molar refractivity (Wildman–Crippen MR) is 66.5 cm³/mol. The molecular weight excluding hydrogens is 225 g/mol. The van der Waals surface area contributed by atoms with Crippen molar-refractivity contribution < 1.29 is 4.39 Å². The number of rotatable bonds is 2. The lowest BCUT2D eigenvalue weighted by Crippen LogP contribution is -2.30. The molecule has 1 aromatic rings. The van der Waals surface area contributed by atoms with Gasteiger partial charge in [0.15, 0.2) is 0 Å². The molecule has 0 radical (unpaired) electrons. The van der Waals surface area contributed by atoms with Crippen LogP contribution < -0.4 is 5.32 Å². The fourth-order valence-corrected chi connectivity index (χ4v) is 2.56. The minimum absolute atomic E-state index is 0.285. The Balaban J connectivity index is 2.07.